The Labute approximate surface area is 98.2 Å². The Morgan fingerprint density at radius 1 is 1.00 bits per heavy atom. The van der Waals surface area contributed by atoms with Gasteiger partial charge >= 0.3 is 11.8 Å². The van der Waals surface area contributed by atoms with Gasteiger partial charge in [-0.25, -0.2) is 0 Å². The summed E-state index contributed by atoms with van der Waals surface area (Å²) in [5, 5.41) is 5.21. The number of carbonyl (C=O) groups is 2. The van der Waals surface area contributed by atoms with Crippen molar-refractivity contribution in [1.82, 2.24) is 10.6 Å². The Morgan fingerprint density at radius 3 is 2.06 bits per heavy atom. The van der Waals surface area contributed by atoms with E-state index in [9.17, 15) is 9.59 Å². The highest BCUT2D eigenvalue weighted by molar-refractivity contribution is 6.35. The van der Waals surface area contributed by atoms with Gasteiger partial charge in [0.2, 0.25) is 0 Å². The first-order chi connectivity index (χ1) is 7.57. The maximum Gasteiger partial charge on any atom is 0.309 e. The van der Waals surface area contributed by atoms with Crippen molar-refractivity contribution in [3.8, 4) is 0 Å². The van der Waals surface area contributed by atoms with Gasteiger partial charge in [0.1, 0.15) is 0 Å². The number of unbranched alkanes of at least 4 members (excludes halogenated alkanes) is 2. The van der Waals surface area contributed by atoms with E-state index in [0.29, 0.717) is 19.0 Å². The number of hydrogen-bond acceptors (Lipinski definition) is 2. The van der Waals surface area contributed by atoms with E-state index >= 15 is 0 Å². The molecule has 2 amide bonds. The molecule has 0 heterocycles. The minimum atomic E-state index is -0.517. The summed E-state index contributed by atoms with van der Waals surface area (Å²) >= 11 is 0. The normalized spacial score (nSPS) is 10.2. The molecule has 4 heteroatoms. The monoisotopic (exact) mass is 228 g/mol. The SMILES string of the molecule is CCCCCNC(=O)C(=O)NCCC(C)C. The smallest absolute Gasteiger partial charge is 0.309 e. The van der Waals surface area contributed by atoms with Crippen molar-refractivity contribution in [1.29, 1.82) is 0 Å². The molecule has 0 spiro atoms. The molecular weight excluding hydrogens is 204 g/mol. The fourth-order valence-electron chi connectivity index (χ4n) is 1.21. The largest absolute Gasteiger partial charge is 0.348 e. The molecule has 0 saturated heterocycles. The molecule has 0 rings (SSSR count). The van der Waals surface area contributed by atoms with Gasteiger partial charge in [-0.2, -0.15) is 0 Å². The highest BCUT2D eigenvalue weighted by Crippen LogP contribution is 1.96. The second-order valence-corrected chi connectivity index (χ2v) is 4.40. The molecular formula is C12H24N2O2. The van der Waals surface area contributed by atoms with E-state index in [1.807, 2.05) is 0 Å². The zero-order chi connectivity index (χ0) is 12.4. The maximum absolute atomic E-state index is 11.3. The summed E-state index contributed by atoms with van der Waals surface area (Å²) in [6, 6.07) is 0. The highest BCUT2D eigenvalue weighted by Gasteiger charge is 2.11. The molecule has 0 saturated carbocycles. The first-order valence-electron chi connectivity index (χ1n) is 6.14. The molecule has 0 unspecified atom stereocenters. The summed E-state index contributed by atoms with van der Waals surface area (Å²) in [5.41, 5.74) is 0. The van der Waals surface area contributed by atoms with Crippen molar-refractivity contribution in [3.63, 3.8) is 0 Å². The molecule has 0 aromatic heterocycles. The molecule has 0 fully saturated rings. The van der Waals surface area contributed by atoms with E-state index in [-0.39, 0.29) is 0 Å². The zero-order valence-corrected chi connectivity index (χ0v) is 10.6. The molecule has 0 aromatic rings. The van der Waals surface area contributed by atoms with Gasteiger partial charge in [0.05, 0.1) is 0 Å². The quantitative estimate of drug-likeness (QED) is 0.512. The van der Waals surface area contributed by atoms with Crippen LogP contribution in [0.5, 0.6) is 0 Å². The van der Waals surface area contributed by atoms with Crippen LogP contribution in [0.4, 0.5) is 0 Å². The second-order valence-electron chi connectivity index (χ2n) is 4.40. The first-order valence-corrected chi connectivity index (χ1v) is 6.14. The summed E-state index contributed by atoms with van der Waals surface area (Å²) < 4.78 is 0. The predicted molar refractivity (Wildman–Crippen MR) is 65.0 cm³/mol. The third kappa shape index (κ3) is 8.26. The standard InChI is InChI=1S/C12H24N2O2/c1-4-5-6-8-13-11(15)12(16)14-9-7-10(2)3/h10H,4-9H2,1-3H3,(H,13,15)(H,14,16). The molecule has 94 valence electrons. The molecule has 0 aromatic carbocycles. The lowest BCUT2D eigenvalue weighted by Crippen LogP contribution is -2.40. The van der Waals surface area contributed by atoms with Gasteiger partial charge < -0.3 is 10.6 Å². The van der Waals surface area contributed by atoms with Crippen molar-refractivity contribution in [2.45, 2.75) is 46.5 Å². The molecule has 0 bridgehead atoms. The van der Waals surface area contributed by atoms with Crippen LogP contribution >= 0.6 is 0 Å². The van der Waals surface area contributed by atoms with Gasteiger partial charge in [0, 0.05) is 13.1 Å². The van der Waals surface area contributed by atoms with Crippen molar-refractivity contribution < 1.29 is 9.59 Å². The molecule has 0 aliphatic heterocycles. The maximum atomic E-state index is 11.3. The second kappa shape index (κ2) is 9.19. The van der Waals surface area contributed by atoms with Crippen molar-refractivity contribution in [3.05, 3.63) is 0 Å². The third-order valence-corrected chi connectivity index (χ3v) is 2.28. The zero-order valence-electron chi connectivity index (χ0n) is 10.6. The summed E-state index contributed by atoms with van der Waals surface area (Å²) in [6.07, 6.45) is 4.02. The van der Waals surface area contributed by atoms with Crippen LogP contribution in [0.15, 0.2) is 0 Å². The molecule has 0 aliphatic rings. The minimum absolute atomic E-state index is 0.514. The van der Waals surface area contributed by atoms with E-state index in [2.05, 4.69) is 31.4 Å². The van der Waals surface area contributed by atoms with E-state index in [0.717, 1.165) is 25.7 Å². The summed E-state index contributed by atoms with van der Waals surface area (Å²) in [5.74, 6) is -0.495. The lowest BCUT2D eigenvalue weighted by atomic mass is 10.1. The van der Waals surface area contributed by atoms with E-state index in [1.165, 1.54) is 0 Å². The molecule has 16 heavy (non-hydrogen) atoms. The number of rotatable bonds is 7. The van der Waals surface area contributed by atoms with Gasteiger partial charge in [0.25, 0.3) is 0 Å². The Balaban J connectivity index is 3.54. The number of hydrogen-bond donors (Lipinski definition) is 2. The average Bonchev–Trinajstić information content (AvgIpc) is 2.23. The van der Waals surface area contributed by atoms with Crippen LogP contribution in [0.25, 0.3) is 0 Å². The van der Waals surface area contributed by atoms with Crippen LogP contribution in [0, 0.1) is 5.92 Å². The van der Waals surface area contributed by atoms with Crippen molar-refractivity contribution in [2.24, 2.45) is 5.92 Å². The van der Waals surface area contributed by atoms with Crippen LogP contribution in [0.3, 0.4) is 0 Å². The van der Waals surface area contributed by atoms with Gasteiger partial charge in [-0.1, -0.05) is 33.6 Å². The predicted octanol–water partition coefficient (Wildman–Crippen LogP) is 1.46. The highest BCUT2D eigenvalue weighted by atomic mass is 16.2. The minimum Gasteiger partial charge on any atom is -0.348 e. The van der Waals surface area contributed by atoms with Gasteiger partial charge in [-0.05, 0) is 18.8 Å². The fraction of sp³-hybridized carbons (Fsp3) is 0.833. The number of amides is 2. The van der Waals surface area contributed by atoms with E-state index in [1.54, 1.807) is 0 Å². The van der Waals surface area contributed by atoms with Crippen LogP contribution < -0.4 is 10.6 Å². The Morgan fingerprint density at radius 2 is 1.56 bits per heavy atom. The molecule has 0 atom stereocenters. The Bertz CT molecular complexity index is 215. The summed E-state index contributed by atoms with van der Waals surface area (Å²) in [7, 11) is 0. The van der Waals surface area contributed by atoms with Gasteiger partial charge in [0.15, 0.2) is 0 Å². The van der Waals surface area contributed by atoms with Crippen molar-refractivity contribution >= 4 is 11.8 Å². The fourth-order valence-corrected chi connectivity index (χ4v) is 1.21. The lowest BCUT2D eigenvalue weighted by Gasteiger charge is -2.07. The van der Waals surface area contributed by atoms with Crippen molar-refractivity contribution in [2.75, 3.05) is 13.1 Å². The Kier molecular flexibility index (Phi) is 8.58. The first kappa shape index (κ1) is 14.9. The average molecular weight is 228 g/mol. The van der Waals surface area contributed by atoms with E-state index < -0.39 is 11.8 Å². The topological polar surface area (TPSA) is 58.2 Å². The molecule has 0 radical (unpaired) electrons. The third-order valence-electron chi connectivity index (χ3n) is 2.28. The van der Waals surface area contributed by atoms with Gasteiger partial charge in [-0.15, -0.1) is 0 Å². The van der Waals surface area contributed by atoms with Crippen LogP contribution in [-0.4, -0.2) is 24.9 Å². The van der Waals surface area contributed by atoms with Crippen LogP contribution in [-0.2, 0) is 9.59 Å². The number of nitrogens with one attached hydrogen (secondary N) is 2. The van der Waals surface area contributed by atoms with Crippen LogP contribution in [0.2, 0.25) is 0 Å². The summed E-state index contributed by atoms with van der Waals surface area (Å²) in [4.78, 5) is 22.5. The number of carbonyl (C=O) groups excluding carboxylic acids is 2. The Hall–Kier alpha value is -1.06. The molecule has 4 nitrogen and oxygen atoms in total. The lowest BCUT2D eigenvalue weighted by molar-refractivity contribution is -0.139. The molecule has 0 aliphatic carbocycles. The molecule has 2 N–H and O–H groups in total. The van der Waals surface area contributed by atoms with E-state index in [4.69, 9.17) is 0 Å². The van der Waals surface area contributed by atoms with Crippen LogP contribution in [0.1, 0.15) is 46.5 Å². The summed E-state index contributed by atoms with van der Waals surface area (Å²) in [6.45, 7) is 7.41. The van der Waals surface area contributed by atoms with Gasteiger partial charge in [-0.3, -0.25) is 9.59 Å².